The van der Waals surface area contributed by atoms with Gasteiger partial charge in [0, 0.05) is 11.6 Å². The van der Waals surface area contributed by atoms with E-state index in [4.69, 9.17) is 10.00 Å². The monoisotopic (exact) mass is 302 g/mol. The van der Waals surface area contributed by atoms with Crippen molar-refractivity contribution in [1.82, 2.24) is 9.97 Å². The van der Waals surface area contributed by atoms with Crippen molar-refractivity contribution in [2.24, 2.45) is 0 Å². The van der Waals surface area contributed by atoms with Gasteiger partial charge in [0.2, 0.25) is 5.95 Å². The predicted octanol–water partition coefficient (Wildman–Crippen LogP) is 2.94. The summed E-state index contributed by atoms with van der Waals surface area (Å²) in [5.41, 5.74) is 0.511. The Labute approximate surface area is 125 Å². The molecule has 1 N–H and O–H groups in total. The first-order valence-corrected chi connectivity index (χ1v) is 6.31. The largest absolute Gasteiger partial charge is 0.492 e. The van der Waals surface area contributed by atoms with Crippen molar-refractivity contribution in [2.45, 2.75) is 6.10 Å². The third kappa shape index (κ3) is 3.76. The summed E-state index contributed by atoms with van der Waals surface area (Å²) in [7, 11) is 0. The summed E-state index contributed by atoms with van der Waals surface area (Å²) in [4.78, 5) is 7.86. The van der Waals surface area contributed by atoms with Gasteiger partial charge in [0.1, 0.15) is 23.8 Å². The highest BCUT2D eigenvalue weighted by Gasteiger charge is 2.17. The zero-order valence-electron chi connectivity index (χ0n) is 11.5. The maximum absolute atomic E-state index is 13.8. The fourth-order valence-electron chi connectivity index (χ4n) is 1.77. The second-order valence-electron chi connectivity index (χ2n) is 4.25. The van der Waals surface area contributed by atoms with Crippen LogP contribution in [0.1, 0.15) is 17.2 Å². The molecule has 2 rings (SSSR count). The number of halogens is 2. The van der Waals surface area contributed by atoms with Crippen LogP contribution in [-0.4, -0.2) is 16.5 Å². The van der Waals surface area contributed by atoms with Gasteiger partial charge in [-0.05, 0) is 12.1 Å². The molecular formula is C15H12F2N4O. The molecule has 1 aromatic carbocycles. The third-order valence-electron chi connectivity index (χ3n) is 2.80. The molecule has 0 spiro atoms. The molecule has 5 nitrogen and oxygen atoms in total. The molecule has 22 heavy (non-hydrogen) atoms. The molecule has 0 amide bonds. The lowest BCUT2D eigenvalue weighted by molar-refractivity contribution is 0.154. The zero-order valence-corrected chi connectivity index (χ0v) is 11.5. The first-order valence-electron chi connectivity index (χ1n) is 6.31. The topological polar surface area (TPSA) is 70.8 Å². The molecule has 1 atom stereocenters. The van der Waals surface area contributed by atoms with Crippen LogP contribution in [-0.2, 0) is 4.74 Å². The van der Waals surface area contributed by atoms with Crippen LogP contribution in [0.2, 0.25) is 0 Å². The Balaban J connectivity index is 2.11. The number of anilines is 1. The van der Waals surface area contributed by atoms with E-state index in [1.807, 2.05) is 6.07 Å². The molecule has 1 heterocycles. The number of ether oxygens (including phenoxy) is 1. The molecule has 0 bridgehead atoms. The predicted molar refractivity (Wildman–Crippen MR) is 75.6 cm³/mol. The number of benzene rings is 1. The number of nitriles is 1. The molecule has 0 saturated carbocycles. The van der Waals surface area contributed by atoms with Crippen LogP contribution in [0.15, 0.2) is 43.4 Å². The van der Waals surface area contributed by atoms with E-state index in [1.54, 1.807) is 0 Å². The van der Waals surface area contributed by atoms with Gasteiger partial charge in [0.05, 0.1) is 30.8 Å². The minimum Gasteiger partial charge on any atom is -0.492 e. The van der Waals surface area contributed by atoms with Gasteiger partial charge in [-0.3, -0.25) is 0 Å². The maximum Gasteiger partial charge on any atom is 0.222 e. The van der Waals surface area contributed by atoms with E-state index in [2.05, 4.69) is 21.9 Å². The lowest BCUT2D eigenvalue weighted by atomic mass is 10.1. The molecule has 0 aliphatic carbocycles. The van der Waals surface area contributed by atoms with Crippen LogP contribution in [0.25, 0.3) is 0 Å². The van der Waals surface area contributed by atoms with Crippen LogP contribution >= 0.6 is 0 Å². The van der Waals surface area contributed by atoms with Crippen molar-refractivity contribution in [3.63, 3.8) is 0 Å². The quantitative estimate of drug-likeness (QED) is 0.831. The fraction of sp³-hybridized carbons (Fsp3) is 0.133. The van der Waals surface area contributed by atoms with Gasteiger partial charge in [-0.1, -0.05) is 6.58 Å². The molecule has 0 radical (unpaired) electrons. The molecule has 112 valence electrons. The Morgan fingerprint density at radius 3 is 2.68 bits per heavy atom. The van der Waals surface area contributed by atoms with E-state index < -0.39 is 17.7 Å². The Morgan fingerprint density at radius 1 is 1.36 bits per heavy atom. The third-order valence-corrected chi connectivity index (χ3v) is 2.80. The van der Waals surface area contributed by atoms with Gasteiger partial charge >= 0.3 is 0 Å². The van der Waals surface area contributed by atoms with E-state index in [-0.39, 0.29) is 18.1 Å². The van der Waals surface area contributed by atoms with E-state index in [9.17, 15) is 8.78 Å². The Kier molecular flexibility index (Phi) is 4.98. The summed E-state index contributed by atoms with van der Waals surface area (Å²) in [6.45, 7) is 3.58. The summed E-state index contributed by atoms with van der Waals surface area (Å²) in [6, 6.07) is 5.14. The SMILES string of the molecule is C=CO[C@@H](CNc1ncc(C#N)cn1)c1ccc(F)cc1F. The van der Waals surface area contributed by atoms with Crippen molar-refractivity contribution in [3.05, 3.63) is 66.2 Å². The van der Waals surface area contributed by atoms with Crippen molar-refractivity contribution in [2.75, 3.05) is 11.9 Å². The van der Waals surface area contributed by atoms with Gasteiger partial charge in [-0.15, -0.1) is 0 Å². The van der Waals surface area contributed by atoms with Gasteiger partial charge in [0.25, 0.3) is 0 Å². The molecule has 2 aromatic rings. The van der Waals surface area contributed by atoms with Crippen LogP contribution in [0.3, 0.4) is 0 Å². The van der Waals surface area contributed by atoms with Crippen LogP contribution in [0, 0.1) is 23.0 Å². The summed E-state index contributed by atoms with van der Waals surface area (Å²) in [5.74, 6) is -1.12. The van der Waals surface area contributed by atoms with Crippen molar-refractivity contribution < 1.29 is 13.5 Å². The van der Waals surface area contributed by atoms with Crippen molar-refractivity contribution in [3.8, 4) is 6.07 Å². The van der Waals surface area contributed by atoms with E-state index in [0.717, 1.165) is 12.1 Å². The highest BCUT2D eigenvalue weighted by molar-refractivity contribution is 5.31. The number of nitrogens with zero attached hydrogens (tertiary/aromatic N) is 3. The molecule has 0 fully saturated rings. The van der Waals surface area contributed by atoms with Crippen molar-refractivity contribution in [1.29, 1.82) is 5.26 Å². The van der Waals surface area contributed by atoms with E-state index in [0.29, 0.717) is 5.56 Å². The van der Waals surface area contributed by atoms with Gasteiger partial charge in [0.15, 0.2) is 0 Å². The number of hydrogen-bond acceptors (Lipinski definition) is 5. The molecule has 7 heteroatoms. The minimum atomic E-state index is -0.725. The van der Waals surface area contributed by atoms with Crippen LogP contribution in [0.4, 0.5) is 14.7 Å². The summed E-state index contributed by atoms with van der Waals surface area (Å²) in [6.07, 6.45) is 3.17. The number of rotatable bonds is 6. The average molecular weight is 302 g/mol. The molecular weight excluding hydrogens is 290 g/mol. The Bertz CT molecular complexity index is 698. The Hall–Kier alpha value is -3.01. The van der Waals surface area contributed by atoms with E-state index >= 15 is 0 Å². The summed E-state index contributed by atoms with van der Waals surface area (Å²) in [5, 5.41) is 11.5. The van der Waals surface area contributed by atoms with Crippen molar-refractivity contribution >= 4 is 5.95 Å². The second kappa shape index (κ2) is 7.13. The number of nitrogens with one attached hydrogen (secondary N) is 1. The number of aromatic nitrogens is 2. The van der Waals surface area contributed by atoms with E-state index in [1.165, 1.54) is 24.7 Å². The first-order chi connectivity index (χ1) is 10.6. The second-order valence-corrected chi connectivity index (χ2v) is 4.25. The molecule has 0 saturated heterocycles. The zero-order chi connectivity index (χ0) is 15.9. The molecule has 1 aromatic heterocycles. The molecule has 0 aliphatic rings. The summed E-state index contributed by atoms with van der Waals surface area (Å²) >= 11 is 0. The lowest BCUT2D eigenvalue weighted by Gasteiger charge is -2.18. The summed E-state index contributed by atoms with van der Waals surface area (Å²) < 4.78 is 32.0. The first kappa shape index (κ1) is 15.4. The lowest BCUT2D eigenvalue weighted by Crippen LogP contribution is -2.16. The minimum absolute atomic E-state index is 0.139. The van der Waals surface area contributed by atoms with Gasteiger partial charge in [-0.25, -0.2) is 18.7 Å². The van der Waals surface area contributed by atoms with Gasteiger partial charge < -0.3 is 10.1 Å². The smallest absolute Gasteiger partial charge is 0.222 e. The van der Waals surface area contributed by atoms with Crippen LogP contribution in [0.5, 0.6) is 0 Å². The highest BCUT2D eigenvalue weighted by Crippen LogP contribution is 2.22. The molecule has 0 aliphatic heterocycles. The highest BCUT2D eigenvalue weighted by atomic mass is 19.1. The fourth-order valence-corrected chi connectivity index (χ4v) is 1.77. The normalized spacial score (nSPS) is 11.3. The molecule has 0 unspecified atom stereocenters. The standard InChI is InChI=1S/C15H12F2N4O/c1-2-22-14(12-4-3-11(16)5-13(12)17)9-21-15-19-7-10(6-18)8-20-15/h2-5,7-8,14H,1,9H2,(H,19,20,21)/t14-/m0/s1. The number of hydrogen-bond donors (Lipinski definition) is 1. The average Bonchev–Trinajstić information content (AvgIpc) is 2.52. The van der Waals surface area contributed by atoms with Crippen LogP contribution < -0.4 is 5.32 Å². The maximum atomic E-state index is 13.8. The Morgan fingerprint density at radius 2 is 2.09 bits per heavy atom. The van der Waals surface area contributed by atoms with Gasteiger partial charge in [-0.2, -0.15) is 5.26 Å².